The normalized spacial score (nSPS) is 14.7. The third-order valence-electron chi connectivity index (χ3n) is 2.82. The molecular formula is C11H10BrFN4. The summed E-state index contributed by atoms with van der Waals surface area (Å²) in [6, 6.07) is 4.94. The highest BCUT2D eigenvalue weighted by Crippen LogP contribution is 2.29. The van der Waals surface area contributed by atoms with Gasteiger partial charge in [-0.15, -0.1) is 10.2 Å². The van der Waals surface area contributed by atoms with Crippen LogP contribution in [0.2, 0.25) is 0 Å². The van der Waals surface area contributed by atoms with Gasteiger partial charge in [-0.1, -0.05) is 6.07 Å². The molecule has 0 unspecified atom stereocenters. The number of fused-ring (bicyclic) bond motifs is 1. The van der Waals surface area contributed by atoms with Gasteiger partial charge in [0.05, 0.1) is 11.0 Å². The highest BCUT2D eigenvalue weighted by atomic mass is 79.9. The molecule has 0 spiro atoms. The lowest BCUT2D eigenvalue weighted by atomic mass is 10.2. The molecule has 3 rings (SSSR count). The number of hydrogen-bond donors (Lipinski definition) is 1. The third kappa shape index (κ3) is 1.77. The first-order valence-corrected chi connectivity index (χ1v) is 6.14. The van der Waals surface area contributed by atoms with Crippen LogP contribution in [-0.2, 0) is 13.1 Å². The molecule has 0 aliphatic carbocycles. The molecule has 4 nitrogen and oxygen atoms in total. The van der Waals surface area contributed by atoms with Crippen LogP contribution in [0, 0.1) is 5.82 Å². The quantitative estimate of drug-likeness (QED) is 0.875. The topological polar surface area (TPSA) is 42.7 Å². The molecule has 0 atom stereocenters. The molecule has 0 radical (unpaired) electrons. The summed E-state index contributed by atoms with van der Waals surface area (Å²) in [5, 5.41) is 11.5. The molecule has 0 saturated heterocycles. The summed E-state index contributed by atoms with van der Waals surface area (Å²) in [6.45, 7) is 2.39. The Morgan fingerprint density at radius 2 is 2.24 bits per heavy atom. The van der Waals surface area contributed by atoms with Crippen molar-refractivity contribution in [1.29, 1.82) is 0 Å². The van der Waals surface area contributed by atoms with Gasteiger partial charge in [-0.05, 0) is 28.1 Å². The van der Waals surface area contributed by atoms with Crippen molar-refractivity contribution in [3.05, 3.63) is 34.3 Å². The van der Waals surface area contributed by atoms with Gasteiger partial charge in [0, 0.05) is 18.7 Å². The Hall–Kier alpha value is -1.27. The van der Waals surface area contributed by atoms with E-state index in [-0.39, 0.29) is 5.82 Å². The van der Waals surface area contributed by atoms with Crippen LogP contribution < -0.4 is 5.32 Å². The molecule has 1 aromatic carbocycles. The maximum atomic E-state index is 13.5. The molecule has 0 fully saturated rings. The van der Waals surface area contributed by atoms with E-state index in [1.807, 2.05) is 10.6 Å². The number of benzene rings is 1. The summed E-state index contributed by atoms with van der Waals surface area (Å²) >= 11 is 3.26. The van der Waals surface area contributed by atoms with Crippen molar-refractivity contribution in [3.8, 4) is 11.4 Å². The number of rotatable bonds is 1. The molecule has 1 aromatic heterocycles. The Kier molecular flexibility index (Phi) is 2.68. The highest BCUT2D eigenvalue weighted by molar-refractivity contribution is 9.10. The van der Waals surface area contributed by atoms with E-state index >= 15 is 0 Å². The number of nitrogens with one attached hydrogen (secondary N) is 1. The Morgan fingerprint density at radius 1 is 1.35 bits per heavy atom. The van der Waals surface area contributed by atoms with E-state index in [4.69, 9.17) is 0 Å². The zero-order valence-corrected chi connectivity index (χ0v) is 10.5. The fourth-order valence-electron chi connectivity index (χ4n) is 1.97. The first-order valence-electron chi connectivity index (χ1n) is 5.34. The predicted molar refractivity (Wildman–Crippen MR) is 64.8 cm³/mol. The number of halogens is 2. The minimum absolute atomic E-state index is 0.284. The molecular weight excluding hydrogens is 287 g/mol. The first-order chi connectivity index (χ1) is 8.27. The molecule has 1 N–H and O–H groups in total. The van der Waals surface area contributed by atoms with Gasteiger partial charge in [0.15, 0.2) is 5.82 Å². The van der Waals surface area contributed by atoms with Crippen LogP contribution in [0.25, 0.3) is 11.4 Å². The largest absolute Gasteiger partial charge is 0.309 e. The van der Waals surface area contributed by atoms with Crippen molar-refractivity contribution < 1.29 is 4.39 Å². The van der Waals surface area contributed by atoms with Crippen molar-refractivity contribution in [3.63, 3.8) is 0 Å². The van der Waals surface area contributed by atoms with Crippen LogP contribution in [0.4, 0.5) is 4.39 Å². The van der Waals surface area contributed by atoms with Crippen LogP contribution in [0.3, 0.4) is 0 Å². The average molecular weight is 297 g/mol. The van der Waals surface area contributed by atoms with Gasteiger partial charge >= 0.3 is 0 Å². The summed E-state index contributed by atoms with van der Waals surface area (Å²) in [5.74, 6) is 1.32. The Bertz CT molecular complexity index is 567. The monoisotopic (exact) mass is 296 g/mol. The van der Waals surface area contributed by atoms with E-state index in [0.717, 1.165) is 24.5 Å². The lowest BCUT2D eigenvalue weighted by Gasteiger charge is -2.16. The first kappa shape index (κ1) is 10.9. The molecule has 1 aliphatic rings. The molecule has 0 saturated carbocycles. The minimum Gasteiger partial charge on any atom is -0.309 e. The minimum atomic E-state index is -0.284. The molecule has 0 amide bonds. The van der Waals surface area contributed by atoms with Crippen molar-refractivity contribution in [2.45, 2.75) is 13.1 Å². The molecule has 88 valence electrons. The van der Waals surface area contributed by atoms with Crippen LogP contribution in [0.1, 0.15) is 5.82 Å². The van der Waals surface area contributed by atoms with Gasteiger partial charge in [-0.25, -0.2) is 4.39 Å². The summed E-state index contributed by atoms with van der Waals surface area (Å²) in [6.07, 6.45) is 0. The molecule has 1 aliphatic heterocycles. The van der Waals surface area contributed by atoms with E-state index in [1.54, 1.807) is 6.07 Å². The van der Waals surface area contributed by atoms with Gasteiger partial charge < -0.3 is 9.88 Å². The molecule has 17 heavy (non-hydrogen) atoms. The average Bonchev–Trinajstić information content (AvgIpc) is 2.77. The molecule has 2 aromatic rings. The van der Waals surface area contributed by atoms with E-state index in [9.17, 15) is 4.39 Å². The smallest absolute Gasteiger partial charge is 0.165 e. The standard InChI is InChI=1S/C11H10BrFN4/c12-10-7(2-1-3-8(10)13)11-16-15-9-6-14-4-5-17(9)11/h1-3,14H,4-6H2. The zero-order valence-electron chi connectivity index (χ0n) is 8.95. The third-order valence-corrected chi connectivity index (χ3v) is 3.62. The summed E-state index contributed by atoms with van der Waals surface area (Å²) in [4.78, 5) is 0. The van der Waals surface area contributed by atoms with Crippen LogP contribution in [-0.4, -0.2) is 21.3 Å². The van der Waals surface area contributed by atoms with Crippen molar-refractivity contribution in [2.75, 3.05) is 6.54 Å². The molecule has 6 heteroatoms. The molecule has 2 heterocycles. The SMILES string of the molecule is Fc1cccc(-c2nnc3n2CCNC3)c1Br. The summed E-state index contributed by atoms with van der Waals surface area (Å²) in [7, 11) is 0. The Labute approximate surface area is 106 Å². The second-order valence-corrected chi connectivity index (χ2v) is 4.66. The second-order valence-electron chi connectivity index (χ2n) is 3.87. The number of hydrogen-bond acceptors (Lipinski definition) is 3. The van der Waals surface area contributed by atoms with Gasteiger partial charge in [-0.2, -0.15) is 0 Å². The van der Waals surface area contributed by atoms with Crippen LogP contribution in [0.15, 0.2) is 22.7 Å². The van der Waals surface area contributed by atoms with Gasteiger partial charge in [0.25, 0.3) is 0 Å². The number of nitrogens with zero attached hydrogens (tertiary/aromatic N) is 3. The maximum Gasteiger partial charge on any atom is 0.165 e. The second kappa shape index (κ2) is 4.19. The van der Waals surface area contributed by atoms with Gasteiger partial charge in [0.2, 0.25) is 0 Å². The number of aromatic nitrogens is 3. The van der Waals surface area contributed by atoms with Crippen molar-refractivity contribution >= 4 is 15.9 Å². The zero-order chi connectivity index (χ0) is 11.8. The molecule has 0 bridgehead atoms. The maximum absolute atomic E-state index is 13.5. The Balaban J connectivity index is 2.15. The van der Waals surface area contributed by atoms with Crippen molar-refractivity contribution in [1.82, 2.24) is 20.1 Å². The lowest BCUT2D eigenvalue weighted by molar-refractivity contribution is 0.508. The van der Waals surface area contributed by atoms with Gasteiger partial charge in [0.1, 0.15) is 11.6 Å². The fraction of sp³-hybridized carbons (Fsp3) is 0.273. The van der Waals surface area contributed by atoms with E-state index in [2.05, 4.69) is 31.4 Å². The lowest BCUT2D eigenvalue weighted by Crippen LogP contribution is -2.28. The Morgan fingerprint density at radius 3 is 3.12 bits per heavy atom. The van der Waals surface area contributed by atoms with E-state index in [1.165, 1.54) is 6.07 Å². The van der Waals surface area contributed by atoms with E-state index < -0.39 is 0 Å². The van der Waals surface area contributed by atoms with Crippen LogP contribution in [0.5, 0.6) is 0 Å². The predicted octanol–water partition coefficient (Wildman–Crippen LogP) is 1.95. The summed E-state index contributed by atoms with van der Waals surface area (Å²) < 4.78 is 15.9. The highest BCUT2D eigenvalue weighted by Gasteiger charge is 2.19. The summed E-state index contributed by atoms with van der Waals surface area (Å²) in [5.41, 5.74) is 0.741. The van der Waals surface area contributed by atoms with Crippen molar-refractivity contribution in [2.24, 2.45) is 0 Å². The van der Waals surface area contributed by atoms with Crippen LogP contribution >= 0.6 is 15.9 Å². The fourth-order valence-corrected chi connectivity index (χ4v) is 2.41. The van der Waals surface area contributed by atoms with Gasteiger partial charge in [-0.3, -0.25) is 0 Å². The van der Waals surface area contributed by atoms with E-state index in [0.29, 0.717) is 16.8 Å².